The number of fused-ring (bicyclic) bond motifs is 2. The van der Waals surface area contributed by atoms with E-state index in [-0.39, 0.29) is 11.9 Å². The van der Waals surface area contributed by atoms with E-state index in [4.69, 9.17) is 0 Å². The van der Waals surface area contributed by atoms with Gasteiger partial charge in [0.1, 0.15) is 0 Å². The van der Waals surface area contributed by atoms with Gasteiger partial charge in [-0.1, -0.05) is 0 Å². The van der Waals surface area contributed by atoms with Gasteiger partial charge < -0.3 is 0 Å². The molecule has 5 heterocycles. The molecule has 0 saturated carbocycles. The van der Waals surface area contributed by atoms with E-state index in [1.807, 2.05) is 6.20 Å². The molecule has 0 radical (unpaired) electrons. The predicted molar refractivity (Wildman–Crippen MR) is 101 cm³/mol. The van der Waals surface area contributed by atoms with E-state index in [0.29, 0.717) is 19.0 Å². The number of piperazine rings is 1. The minimum absolute atomic E-state index is 0.223. The van der Waals surface area contributed by atoms with Crippen LogP contribution in [0.1, 0.15) is 24.8 Å². The number of carbonyl (C=O) groups excluding carboxylic acids is 2. The van der Waals surface area contributed by atoms with E-state index in [2.05, 4.69) is 32.3 Å². The van der Waals surface area contributed by atoms with Gasteiger partial charge in [0.2, 0.25) is 5.91 Å². The molecule has 3 fully saturated rings. The van der Waals surface area contributed by atoms with E-state index in [9.17, 15) is 9.59 Å². The minimum Gasteiger partial charge on any atom is -0.298 e. The Kier molecular flexibility index (Phi) is 4.09. The van der Waals surface area contributed by atoms with Gasteiger partial charge in [-0.05, 0) is 37.1 Å². The second kappa shape index (κ2) is 6.61. The SMILES string of the molecule is O=C1CCN(c2cnn3ccc(CN4CCN5CCC[C@@H]5C4)cc23)C(=O)N1. The van der Waals surface area contributed by atoms with Crippen molar-refractivity contribution < 1.29 is 9.59 Å². The van der Waals surface area contributed by atoms with Crippen LogP contribution in [0.15, 0.2) is 24.5 Å². The van der Waals surface area contributed by atoms with Crippen molar-refractivity contribution in [2.75, 3.05) is 37.6 Å². The second-order valence-electron chi connectivity index (χ2n) is 7.72. The smallest absolute Gasteiger partial charge is 0.298 e. The van der Waals surface area contributed by atoms with E-state index in [0.717, 1.165) is 37.4 Å². The van der Waals surface area contributed by atoms with Gasteiger partial charge in [0.05, 0.1) is 17.4 Å². The number of rotatable bonds is 3. The number of pyridine rings is 1. The maximum absolute atomic E-state index is 12.2. The monoisotopic (exact) mass is 368 g/mol. The third-order valence-electron chi connectivity index (χ3n) is 5.99. The minimum atomic E-state index is -0.371. The molecule has 1 N–H and O–H groups in total. The number of anilines is 1. The molecule has 3 saturated heterocycles. The number of nitrogens with one attached hydrogen (secondary N) is 1. The Morgan fingerprint density at radius 1 is 1.19 bits per heavy atom. The van der Waals surface area contributed by atoms with Crippen molar-refractivity contribution in [3.05, 3.63) is 30.1 Å². The van der Waals surface area contributed by atoms with Crippen LogP contribution in [0.4, 0.5) is 10.5 Å². The average Bonchev–Trinajstić information content (AvgIpc) is 3.28. The summed E-state index contributed by atoms with van der Waals surface area (Å²) in [5.41, 5.74) is 2.88. The molecule has 27 heavy (non-hydrogen) atoms. The van der Waals surface area contributed by atoms with Gasteiger partial charge in [0.15, 0.2) is 0 Å². The van der Waals surface area contributed by atoms with Gasteiger partial charge in [-0.3, -0.25) is 24.8 Å². The molecule has 0 bridgehead atoms. The number of nitrogens with zero attached hydrogens (tertiary/aromatic N) is 5. The number of hydrogen-bond donors (Lipinski definition) is 1. The van der Waals surface area contributed by atoms with E-state index in [1.54, 1.807) is 15.6 Å². The molecule has 2 aromatic rings. The van der Waals surface area contributed by atoms with Crippen molar-refractivity contribution >= 4 is 23.1 Å². The number of carbonyl (C=O) groups is 2. The van der Waals surface area contributed by atoms with Crippen molar-refractivity contribution in [1.82, 2.24) is 24.7 Å². The Morgan fingerprint density at radius 3 is 3.00 bits per heavy atom. The van der Waals surface area contributed by atoms with Crippen molar-refractivity contribution in [1.29, 1.82) is 0 Å². The average molecular weight is 368 g/mol. The molecule has 2 aromatic heterocycles. The number of amides is 3. The van der Waals surface area contributed by atoms with Gasteiger partial charge >= 0.3 is 6.03 Å². The first-order valence-corrected chi connectivity index (χ1v) is 9.71. The number of urea groups is 1. The Balaban J connectivity index is 1.37. The largest absolute Gasteiger partial charge is 0.328 e. The topological polar surface area (TPSA) is 73.2 Å². The third kappa shape index (κ3) is 3.08. The number of hydrogen-bond acceptors (Lipinski definition) is 5. The summed E-state index contributed by atoms with van der Waals surface area (Å²) in [4.78, 5) is 30.4. The standard InChI is InChI=1S/C19H24N6O2/c26-18-4-6-24(19(27)21-18)17-11-20-25-7-3-14(10-16(17)25)12-22-8-9-23-5-1-2-15(23)13-22/h3,7,10-11,15H,1-2,4-6,8-9,12-13H2,(H,21,26,27)/t15-/m1/s1. The third-order valence-corrected chi connectivity index (χ3v) is 5.99. The molecule has 0 spiro atoms. The zero-order valence-electron chi connectivity index (χ0n) is 15.3. The number of imide groups is 1. The molecular weight excluding hydrogens is 344 g/mol. The summed E-state index contributed by atoms with van der Waals surface area (Å²) in [6.45, 7) is 5.95. The van der Waals surface area contributed by atoms with Crippen LogP contribution in [-0.2, 0) is 11.3 Å². The molecule has 8 nitrogen and oxygen atoms in total. The fourth-order valence-corrected chi connectivity index (χ4v) is 4.57. The molecule has 142 valence electrons. The summed E-state index contributed by atoms with van der Waals surface area (Å²) in [5, 5.41) is 6.75. The summed E-state index contributed by atoms with van der Waals surface area (Å²) < 4.78 is 1.79. The lowest BCUT2D eigenvalue weighted by molar-refractivity contribution is -0.120. The zero-order valence-corrected chi connectivity index (χ0v) is 15.3. The van der Waals surface area contributed by atoms with Gasteiger partial charge in [0, 0.05) is 51.4 Å². The van der Waals surface area contributed by atoms with Gasteiger partial charge in [-0.25, -0.2) is 9.31 Å². The van der Waals surface area contributed by atoms with Crippen LogP contribution in [0.25, 0.3) is 5.52 Å². The highest BCUT2D eigenvalue weighted by atomic mass is 16.2. The number of aromatic nitrogens is 2. The molecule has 0 unspecified atom stereocenters. The van der Waals surface area contributed by atoms with E-state index < -0.39 is 0 Å². The van der Waals surface area contributed by atoms with Crippen molar-refractivity contribution in [2.24, 2.45) is 0 Å². The Morgan fingerprint density at radius 2 is 2.11 bits per heavy atom. The van der Waals surface area contributed by atoms with Gasteiger partial charge in [-0.15, -0.1) is 0 Å². The Bertz CT molecular complexity index is 893. The van der Waals surface area contributed by atoms with Crippen LogP contribution in [-0.4, -0.2) is 70.1 Å². The molecular formula is C19H24N6O2. The highest BCUT2D eigenvalue weighted by Gasteiger charge is 2.30. The first kappa shape index (κ1) is 16.7. The normalized spacial score (nSPS) is 24.4. The lowest BCUT2D eigenvalue weighted by Crippen LogP contribution is -2.49. The maximum atomic E-state index is 12.2. The highest BCUT2D eigenvalue weighted by molar-refractivity contribution is 6.07. The lowest BCUT2D eigenvalue weighted by atomic mass is 10.1. The molecule has 3 aliphatic heterocycles. The van der Waals surface area contributed by atoms with E-state index in [1.165, 1.54) is 24.9 Å². The highest BCUT2D eigenvalue weighted by Crippen LogP contribution is 2.26. The Labute approximate surface area is 157 Å². The maximum Gasteiger partial charge on any atom is 0.328 e. The van der Waals surface area contributed by atoms with Crippen LogP contribution in [0, 0.1) is 0 Å². The molecule has 3 aliphatic rings. The van der Waals surface area contributed by atoms with Crippen LogP contribution in [0.2, 0.25) is 0 Å². The summed E-state index contributed by atoms with van der Waals surface area (Å²) in [6, 6.07) is 4.56. The van der Waals surface area contributed by atoms with Crippen LogP contribution >= 0.6 is 0 Å². The Hall–Kier alpha value is -2.45. The van der Waals surface area contributed by atoms with E-state index >= 15 is 0 Å². The predicted octanol–water partition coefficient (Wildman–Crippen LogP) is 1.06. The summed E-state index contributed by atoms with van der Waals surface area (Å²) in [6.07, 6.45) is 6.60. The second-order valence-corrected chi connectivity index (χ2v) is 7.72. The van der Waals surface area contributed by atoms with Crippen LogP contribution < -0.4 is 10.2 Å². The quantitative estimate of drug-likeness (QED) is 0.877. The molecule has 3 amide bonds. The zero-order chi connectivity index (χ0) is 18.4. The summed E-state index contributed by atoms with van der Waals surface area (Å²) >= 11 is 0. The lowest BCUT2D eigenvalue weighted by Gasteiger charge is -2.37. The first-order valence-electron chi connectivity index (χ1n) is 9.71. The van der Waals surface area contributed by atoms with Crippen molar-refractivity contribution in [3.63, 3.8) is 0 Å². The van der Waals surface area contributed by atoms with Crippen LogP contribution in [0.5, 0.6) is 0 Å². The summed E-state index contributed by atoms with van der Waals surface area (Å²) in [7, 11) is 0. The molecule has 1 atom stereocenters. The van der Waals surface area contributed by atoms with Crippen LogP contribution in [0.3, 0.4) is 0 Å². The summed E-state index contributed by atoms with van der Waals surface area (Å²) in [5.74, 6) is -0.223. The molecule has 0 aliphatic carbocycles. The van der Waals surface area contributed by atoms with Crippen molar-refractivity contribution in [2.45, 2.75) is 31.8 Å². The fraction of sp³-hybridized carbons (Fsp3) is 0.526. The fourth-order valence-electron chi connectivity index (χ4n) is 4.57. The molecule has 8 heteroatoms. The molecule has 5 rings (SSSR count). The van der Waals surface area contributed by atoms with Crippen molar-refractivity contribution in [3.8, 4) is 0 Å². The first-order chi connectivity index (χ1) is 13.2. The molecule has 0 aromatic carbocycles. The van der Waals surface area contributed by atoms with Gasteiger partial charge in [-0.2, -0.15) is 5.10 Å². The van der Waals surface area contributed by atoms with Gasteiger partial charge in [0.25, 0.3) is 0 Å².